The summed E-state index contributed by atoms with van der Waals surface area (Å²) in [5, 5.41) is 12.4. The van der Waals surface area contributed by atoms with Crippen LogP contribution in [0.3, 0.4) is 0 Å². The van der Waals surface area contributed by atoms with Gasteiger partial charge < -0.3 is 34.3 Å². The van der Waals surface area contributed by atoms with Crippen molar-refractivity contribution in [2.75, 3.05) is 24.5 Å². The van der Waals surface area contributed by atoms with Crippen LogP contribution in [0.4, 0.5) is 10.7 Å². The first-order chi connectivity index (χ1) is 16.5. The van der Waals surface area contributed by atoms with E-state index < -0.39 is 54.0 Å². The quantitative estimate of drug-likeness (QED) is 0.552. The molecule has 12 nitrogen and oxygen atoms in total. The Morgan fingerprint density at radius 1 is 1.14 bits per heavy atom. The maximum atomic E-state index is 12.9. The Labute approximate surface area is 211 Å². The lowest BCUT2D eigenvalue weighted by molar-refractivity contribution is -0.142. The van der Waals surface area contributed by atoms with Gasteiger partial charge in [-0.25, -0.2) is 19.6 Å². The minimum Gasteiger partial charge on any atom is -0.480 e. The van der Waals surface area contributed by atoms with Crippen LogP contribution in [0.5, 0.6) is 0 Å². The molecular formula is C23H36BN5O7. The summed E-state index contributed by atoms with van der Waals surface area (Å²) in [5.74, 6) is -1.28. The number of nitrogens with one attached hydrogen (secondary N) is 1. The summed E-state index contributed by atoms with van der Waals surface area (Å²) in [6.07, 6.45) is 2.41. The number of ether oxygens (including phenoxy) is 1. The van der Waals surface area contributed by atoms with Crippen LogP contribution in [0, 0.1) is 0 Å². The van der Waals surface area contributed by atoms with Crippen LogP contribution in [0.1, 0.15) is 55.4 Å². The molecule has 2 amide bonds. The van der Waals surface area contributed by atoms with Gasteiger partial charge in [0.1, 0.15) is 17.7 Å². The van der Waals surface area contributed by atoms with Gasteiger partial charge in [0.05, 0.1) is 17.7 Å². The fourth-order valence-electron chi connectivity index (χ4n) is 3.83. The molecule has 1 aromatic heterocycles. The summed E-state index contributed by atoms with van der Waals surface area (Å²) in [4.78, 5) is 48.7. The van der Waals surface area contributed by atoms with Crippen molar-refractivity contribution in [2.45, 2.75) is 84.3 Å². The highest BCUT2D eigenvalue weighted by atomic mass is 16.7. The van der Waals surface area contributed by atoms with E-state index in [4.69, 9.17) is 14.0 Å². The van der Waals surface area contributed by atoms with Crippen LogP contribution in [0.25, 0.3) is 0 Å². The van der Waals surface area contributed by atoms with Gasteiger partial charge >= 0.3 is 19.2 Å². The molecule has 2 N–H and O–H groups in total. The highest BCUT2D eigenvalue weighted by molar-refractivity contribution is 6.61. The van der Waals surface area contributed by atoms with Crippen LogP contribution in [-0.2, 0) is 23.6 Å². The van der Waals surface area contributed by atoms with Crippen molar-refractivity contribution in [3.63, 3.8) is 0 Å². The number of hydrogen-bond acceptors (Lipinski definition) is 9. The zero-order chi connectivity index (χ0) is 27.1. The van der Waals surface area contributed by atoms with E-state index in [-0.39, 0.29) is 25.6 Å². The number of hydrogen-bond donors (Lipinski definition) is 2. The van der Waals surface area contributed by atoms with Gasteiger partial charge in [0.2, 0.25) is 11.9 Å². The molecule has 36 heavy (non-hydrogen) atoms. The molecule has 2 fully saturated rings. The van der Waals surface area contributed by atoms with E-state index in [0.29, 0.717) is 5.46 Å². The van der Waals surface area contributed by atoms with Crippen molar-refractivity contribution >= 4 is 36.5 Å². The first-order valence-electron chi connectivity index (χ1n) is 12.0. The number of carbonyl (C=O) groups excluding carboxylic acids is 2. The highest BCUT2D eigenvalue weighted by Gasteiger charge is 2.52. The molecule has 13 heteroatoms. The monoisotopic (exact) mass is 505 g/mol. The predicted molar refractivity (Wildman–Crippen MR) is 132 cm³/mol. The number of anilines is 1. The molecule has 2 aliphatic rings. The molecule has 2 saturated heterocycles. The third-order valence-electron chi connectivity index (χ3n) is 6.52. The Morgan fingerprint density at radius 2 is 1.69 bits per heavy atom. The molecular weight excluding hydrogens is 469 g/mol. The average Bonchev–Trinajstić information content (AvgIpc) is 2.98. The maximum Gasteiger partial charge on any atom is 0.498 e. The van der Waals surface area contributed by atoms with Gasteiger partial charge in [0.15, 0.2) is 0 Å². The highest BCUT2D eigenvalue weighted by Crippen LogP contribution is 2.36. The van der Waals surface area contributed by atoms with Gasteiger partial charge in [-0.1, -0.05) is 0 Å². The Morgan fingerprint density at radius 3 is 2.19 bits per heavy atom. The SMILES string of the molecule is C[C@H](NC(=O)OC(C)(C)C)C(=O)N1CCN(c2ncc(B3OC(C)(C)C(C)(C)O3)cn2)[C@H](C(=O)O)C1. The summed E-state index contributed by atoms with van der Waals surface area (Å²) in [6, 6.07) is -1.93. The Kier molecular flexibility index (Phi) is 7.57. The lowest BCUT2D eigenvalue weighted by atomic mass is 9.81. The smallest absolute Gasteiger partial charge is 0.480 e. The zero-order valence-corrected chi connectivity index (χ0v) is 22.2. The number of piperazine rings is 1. The number of alkyl carbamates (subject to hydrolysis) is 1. The van der Waals surface area contributed by atoms with Gasteiger partial charge in [-0.15, -0.1) is 0 Å². The van der Waals surface area contributed by atoms with E-state index in [2.05, 4.69) is 15.3 Å². The van der Waals surface area contributed by atoms with E-state index in [0.717, 1.165) is 0 Å². The predicted octanol–water partition coefficient (Wildman–Crippen LogP) is 0.791. The largest absolute Gasteiger partial charge is 0.498 e. The number of carboxylic acids is 1. The Balaban J connectivity index is 1.66. The average molecular weight is 505 g/mol. The molecule has 0 radical (unpaired) electrons. The second kappa shape index (κ2) is 9.85. The van der Waals surface area contributed by atoms with Crippen LogP contribution < -0.4 is 15.7 Å². The molecule has 0 aromatic carbocycles. The molecule has 1 aromatic rings. The molecule has 198 valence electrons. The van der Waals surface area contributed by atoms with Crippen LogP contribution in [0.15, 0.2) is 12.4 Å². The first-order valence-corrected chi connectivity index (χ1v) is 12.0. The van der Waals surface area contributed by atoms with Crippen molar-refractivity contribution in [1.82, 2.24) is 20.2 Å². The van der Waals surface area contributed by atoms with Crippen LogP contribution >= 0.6 is 0 Å². The normalized spacial score (nSPS) is 22.2. The summed E-state index contributed by atoms with van der Waals surface area (Å²) in [5.41, 5.74) is -1.10. The molecule has 3 rings (SSSR count). The lowest BCUT2D eigenvalue weighted by Crippen LogP contribution is -2.61. The molecule has 0 bridgehead atoms. The third-order valence-corrected chi connectivity index (χ3v) is 6.52. The minimum atomic E-state index is -1.11. The van der Waals surface area contributed by atoms with Gasteiger partial charge in [-0.3, -0.25) is 4.79 Å². The Hall–Kier alpha value is -2.93. The third kappa shape index (κ3) is 6.07. The number of carbonyl (C=O) groups is 3. The topological polar surface area (TPSA) is 143 Å². The number of aromatic nitrogens is 2. The van der Waals surface area contributed by atoms with E-state index in [1.54, 1.807) is 38.1 Å². The molecule has 0 unspecified atom stereocenters. The van der Waals surface area contributed by atoms with Crippen molar-refractivity contribution in [2.24, 2.45) is 0 Å². The Bertz CT molecular complexity index is 980. The van der Waals surface area contributed by atoms with Gasteiger partial charge in [0.25, 0.3) is 0 Å². The fourth-order valence-corrected chi connectivity index (χ4v) is 3.83. The first kappa shape index (κ1) is 27.7. The van der Waals surface area contributed by atoms with Gasteiger partial charge in [-0.05, 0) is 55.4 Å². The van der Waals surface area contributed by atoms with E-state index in [1.807, 2.05) is 27.7 Å². The van der Waals surface area contributed by atoms with Gasteiger partial charge in [0, 0.05) is 30.9 Å². The molecule has 0 spiro atoms. The maximum absolute atomic E-state index is 12.9. The number of amides is 2. The summed E-state index contributed by atoms with van der Waals surface area (Å²) >= 11 is 0. The molecule has 0 saturated carbocycles. The van der Waals surface area contributed by atoms with Crippen molar-refractivity contribution in [3.05, 3.63) is 12.4 Å². The molecule has 2 atom stereocenters. The van der Waals surface area contributed by atoms with Crippen LogP contribution in [-0.4, -0.2) is 93.6 Å². The fraction of sp³-hybridized carbons (Fsp3) is 0.696. The standard InChI is InChI=1S/C23H36BN5O7/c1-14(27-20(33)34-21(2,3)4)17(30)28-9-10-29(16(13-28)18(31)32)19-25-11-15(12-26-19)24-35-22(5,6)23(7,8)36-24/h11-12,14,16H,9-10,13H2,1-8H3,(H,27,33)(H,31,32)/t14-,16-/m0/s1. The number of aliphatic carboxylic acids is 1. The number of rotatable bonds is 5. The molecule has 3 heterocycles. The van der Waals surface area contributed by atoms with E-state index >= 15 is 0 Å². The van der Waals surface area contributed by atoms with E-state index in [1.165, 1.54) is 11.8 Å². The summed E-state index contributed by atoms with van der Waals surface area (Å²) in [7, 11) is -0.632. The summed E-state index contributed by atoms with van der Waals surface area (Å²) in [6.45, 7) is 14.9. The van der Waals surface area contributed by atoms with Gasteiger partial charge in [-0.2, -0.15) is 0 Å². The van der Waals surface area contributed by atoms with E-state index in [9.17, 15) is 19.5 Å². The minimum absolute atomic E-state index is 0.0865. The van der Waals surface area contributed by atoms with Crippen LogP contribution in [0.2, 0.25) is 0 Å². The van der Waals surface area contributed by atoms with Crippen molar-refractivity contribution < 1.29 is 33.5 Å². The number of nitrogens with zero attached hydrogens (tertiary/aromatic N) is 4. The number of carboxylic acid groups (broad SMARTS) is 1. The second-order valence-electron chi connectivity index (χ2n) is 11.1. The van der Waals surface area contributed by atoms with Crippen molar-refractivity contribution in [3.8, 4) is 0 Å². The lowest BCUT2D eigenvalue weighted by Gasteiger charge is -2.40. The second-order valence-corrected chi connectivity index (χ2v) is 11.1. The molecule has 2 aliphatic heterocycles. The van der Waals surface area contributed by atoms with Crippen molar-refractivity contribution in [1.29, 1.82) is 0 Å². The summed E-state index contributed by atoms with van der Waals surface area (Å²) < 4.78 is 17.2. The molecule has 0 aliphatic carbocycles. The zero-order valence-electron chi connectivity index (χ0n) is 22.2.